The van der Waals surface area contributed by atoms with Gasteiger partial charge in [-0.1, -0.05) is 0 Å². The van der Waals surface area contributed by atoms with Crippen molar-refractivity contribution in [3.05, 3.63) is 127 Å². The Kier molecular flexibility index (Phi) is 12.9. The monoisotopic (exact) mass is 938 g/mol. The highest BCUT2D eigenvalue weighted by molar-refractivity contribution is 5.75. The lowest BCUT2D eigenvalue weighted by molar-refractivity contribution is -0.0326. The van der Waals surface area contributed by atoms with Crippen LogP contribution in [-0.4, -0.2) is 78.6 Å². The summed E-state index contributed by atoms with van der Waals surface area (Å²) in [7, 11) is 0. The van der Waals surface area contributed by atoms with E-state index in [1.165, 1.54) is 33.1 Å². The predicted molar refractivity (Wildman–Crippen MR) is 248 cm³/mol. The second-order valence-corrected chi connectivity index (χ2v) is 20.2. The van der Waals surface area contributed by atoms with Crippen LogP contribution in [0.25, 0.3) is 33.8 Å². The molecule has 4 aliphatic rings. The van der Waals surface area contributed by atoms with Gasteiger partial charge in [0.1, 0.15) is 34.7 Å². The van der Waals surface area contributed by atoms with Crippen LogP contribution in [0.4, 0.5) is 17.6 Å². The number of nitrogens with zero attached hydrogens (tertiary/aromatic N) is 6. The lowest BCUT2D eigenvalue weighted by Gasteiger charge is -2.33. The van der Waals surface area contributed by atoms with Gasteiger partial charge in [-0.25, -0.2) is 37.5 Å². The van der Waals surface area contributed by atoms with Crippen molar-refractivity contribution < 1.29 is 36.5 Å². The Bertz CT molecular complexity index is 2840. The molecule has 16 heteroatoms. The van der Waals surface area contributed by atoms with Gasteiger partial charge in [0.2, 0.25) is 0 Å². The molecule has 4 aliphatic heterocycles. The van der Waals surface area contributed by atoms with Crippen molar-refractivity contribution in [3.63, 3.8) is 0 Å². The number of fused-ring (bicyclic) bond motifs is 2. The molecular weight excluding hydrogens is 881 g/mol. The Morgan fingerprint density at radius 3 is 1.34 bits per heavy atom. The molecule has 0 bridgehead atoms. The van der Waals surface area contributed by atoms with Gasteiger partial charge in [-0.15, -0.1) is 0 Å². The van der Waals surface area contributed by atoms with Gasteiger partial charge in [0.05, 0.1) is 48.0 Å². The smallest absolute Gasteiger partial charge is 0.261 e. The van der Waals surface area contributed by atoms with E-state index in [4.69, 9.17) is 28.9 Å². The summed E-state index contributed by atoms with van der Waals surface area (Å²) in [6, 6.07) is 6.73. The van der Waals surface area contributed by atoms with Crippen molar-refractivity contribution in [1.29, 1.82) is 0 Å². The molecule has 0 spiro atoms. The van der Waals surface area contributed by atoms with E-state index < -0.39 is 23.3 Å². The highest BCUT2D eigenvalue weighted by atomic mass is 19.1. The second kappa shape index (κ2) is 18.5. The molecular formula is C52H58F4N6O6. The van der Waals surface area contributed by atoms with Crippen LogP contribution in [-0.2, 0) is 18.9 Å². The molecule has 4 fully saturated rings. The number of aromatic nitrogens is 6. The zero-order chi connectivity index (χ0) is 48.4. The minimum Gasteiger partial charge on any atom is -0.378 e. The van der Waals surface area contributed by atoms with Crippen molar-refractivity contribution in [2.24, 2.45) is 11.8 Å². The summed E-state index contributed by atoms with van der Waals surface area (Å²) >= 11 is 0. The zero-order valence-corrected chi connectivity index (χ0v) is 39.8. The maximum atomic E-state index is 14.8. The lowest BCUT2D eigenvalue weighted by Crippen LogP contribution is -2.33. The summed E-state index contributed by atoms with van der Waals surface area (Å²) in [5, 5.41) is 0. The third-order valence-electron chi connectivity index (χ3n) is 14.4. The van der Waals surface area contributed by atoms with E-state index in [-0.39, 0.29) is 80.2 Å². The number of halogens is 4. The first-order valence-corrected chi connectivity index (χ1v) is 23.5. The van der Waals surface area contributed by atoms with E-state index in [1.807, 2.05) is 0 Å². The number of benzene rings is 2. The number of ether oxygens (including phenoxy) is 4. The van der Waals surface area contributed by atoms with Gasteiger partial charge < -0.3 is 18.9 Å². The molecule has 0 aliphatic carbocycles. The van der Waals surface area contributed by atoms with Crippen LogP contribution in [0.5, 0.6) is 0 Å². The molecule has 6 aromatic rings. The summed E-state index contributed by atoms with van der Waals surface area (Å²) in [4.78, 5) is 45.0. The second-order valence-electron chi connectivity index (χ2n) is 20.2. The minimum atomic E-state index is -0.741. The summed E-state index contributed by atoms with van der Waals surface area (Å²) < 4.78 is 83.9. The Morgan fingerprint density at radius 2 is 0.985 bits per heavy atom. The SMILES string of the molecule is Cc1nc2c(-c3ccc(F)cc3F)nc(C3CCOC(C4COC(C)(C)C4)C3)cn2c(=O)c1C.Cc1nc2c(-c3ccc(F)cc3F)nc(C3CCOC(C4COC(C)(C)C4)C3)cn2c(=O)c1C. The first kappa shape index (κ1) is 47.6. The van der Waals surface area contributed by atoms with Crippen LogP contribution >= 0.6 is 0 Å². The summed E-state index contributed by atoms with van der Waals surface area (Å²) in [5.41, 5.74) is 4.00. The molecule has 4 saturated heterocycles. The number of aryl methyl sites for hydroxylation is 2. The zero-order valence-electron chi connectivity index (χ0n) is 39.8. The van der Waals surface area contributed by atoms with Gasteiger partial charge in [-0.2, -0.15) is 0 Å². The van der Waals surface area contributed by atoms with Crippen LogP contribution in [0, 0.1) is 62.8 Å². The first-order valence-electron chi connectivity index (χ1n) is 23.5. The minimum absolute atomic E-state index is 0.0265. The van der Waals surface area contributed by atoms with Crippen LogP contribution in [0.15, 0.2) is 58.4 Å². The Hall–Kier alpha value is -5.42. The van der Waals surface area contributed by atoms with Gasteiger partial charge >= 0.3 is 0 Å². The first-order chi connectivity index (χ1) is 32.3. The van der Waals surface area contributed by atoms with E-state index in [0.29, 0.717) is 72.2 Å². The van der Waals surface area contributed by atoms with Crippen LogP contribution in [0.1, 0.15) is 112 Å². The molecule has 0 radical (unpaired) electrons. The highest BCUT2D eigenvalue weighted by Crippen LogP contribution is 2.41. The fourth-order valence-corrected chi connectivity index (χ4v) is 10.3. The quantitative estimate of drug-likeness (QED) is 0.149. The van der Waals surface area contributed by atoms with Crippen LogP contribution < -0.4 is 11.1 Å². The van der Waals surface area contributed by atoms with Crippen LogP contribution in [0.3, 0.4) is 0 Å². The Balaban J connectivity index is 0.000000170. The molecule has 4 aromatic heterocycles. The molecule has 360 valence electrons. The Morgan fingerprint density at radius 1 is 0.588 bits per heavy atom. The van der Waals surface area contributed by atoms with Gasteiger partial charge in [0, 0.05) is 95.1 Å². The summed E-state index contributed by atoms with van der Waals surface area (Å²) in [6.45, 7) is 17.7. The molecule has 10 rings (SSSR count). The molecule has 2 aromatic carbocycles. The van der Waals surface area contributed by atoms with E-state index in [2.05, 4.69) is 37.7 Å². The average molecular weight is 939 g/mol. The lowest BCUT2D eigenvalue weighted by atomic mass is 9.84. The fraction of sp³-hybridized carbons (Fsp3) is 0.500. The highest BCUT2D eigenvalue weighted by Gasteiger charge is 2.41. The Labute approximate surface area is 392 Å². The molecule has 0 N–H and O–H groups in total. The maximum Gasteiger partial charge on any atom is 0.261 e. The van der Waals surface area contributed by atoms with Gasteiger partial charge in [0.15, 0.2) is 11.3 Å². The molecule has 8 heterocycles. The summed E-state index contributed by atoms with van der Waals surface area (Å²) in [6.07, 6.45) is 8.30. The number of rotatable bonds is 6. The van der Waals surface area contributed by atoms with Crippen molar-refractivity contribution in [2.45, 2.75) is 129 Å². The van der Waals surface area contributed by atoms with E-state index in [0.717, 1.165) is 50.7 Å². The van der Waals surface area contributed by atoms with Crippen molar-refractivity contribution in [3.8, 4) is 22.5 Å². The standard InChI is InChI=1S/2C26H29F2N3O3/c2*1-14-15(2)29-24-23(19-6-5-18(27)10-20(19)28)30-21(12-31(24)25(14)32)16-7-8-33-22(9-16)17-11-26(3,4)34-13-17/h2*5-6,10,12,16-17,22H,7-9,11,13H2,1-4H3. The normalized spacial score (nSPS) is 24.6. The van der Waals surface area contributed by atoms with Crippen molar-refractivity contribution >= 4 is 11.3 Å². The topological polar surface area (TPSA) is 131 Å². The van der Waals surface area contributed by atoms with E-state index in [1.54, 1.807) is 40.1 Å². The van der Waals surface area contributed by atoms with Crippen molar-refractivity contribution in [2.75, 3.05) is 26.4 Å². The molecule has 0 amide bonds. The molecule has 6 unspecified atom stereocenters. The number of hydrogen-bond acceptors (Lipinski definition) is 10. The molecule has 68 heavy (non-hydrogen) atoms. The fourth-order valence-electron chi connectivity index (χ4n) is 10.3. The molecule has 6 atom stereocenters. The summed E-state index contributed by atoms with van der Waals surface area (Å²) in [5.74, 6) is -2.18. The number of hydrogen-bond donors (Lipinski definition) is 0. The largest absolute Gasteiger partial charge is 0.378 e. The molecule has 0 saturated carbocycles. The third-order valence-corrected chi connectivity index (χ3v) is 14.4. The van der Waals surface area contributed by atoms with Crippen molar-refractivity contribution in [1.82, 2.24) is 28.7 Å². The predicted octanol–water partition coefficient (Wildman–Crippen LogP) is 9.46. The molecule has 12 nitrogen and oxygen atoms in total. The van der Waals surface area contributed by atoms with E-state index >= 15 is 0 Å². The third kappa shape index (κ3) is 9.48. The van der Waals surface area contributed by atoms with E-state index in [9.17, 15) is 27.2 Å². The van der Waals surface area contributed by atoms with Gasteiger partial charge in [-0.05, 0) is 118 Å². The van der Waals surface area contributed by atoms with Gasteiger partial charge in [-0.3, -0.25) is 18.4 Å². The van der Waals surface area contributed by atoms with Crippen LogP contribution in [0.2, 0.25) is 0 Å². The van der Waals surface area contributed by atoms with Gasteiger partial charge in [0.25, 0.3) is 11.1 Å². The maximum absolute atomic E-state index is 14.8. The average Bonchev–Trinajstić information content (AvgIpc) is 3.87.